The van der Waals surface area contributed by atoms with Gasteiger partial charge in [-0.1, -0.05) is 133 Å². The van der Waals surface area contributed by atoms with Crippen LogP contribution in [0.2, 0.25) is 0 Å². The van der Waals surface area contributed by atoms with Gasteiger partial charge in [0.15, 0.2) is 0 Å². The highest BCUT2D eigenvalue weighted by atomic mass is 32.3. The number of benzene rings is 7. The molecule has 11 N–H and O–H groups in total. The van der Waals surface area contributed by atoms with E-state index >= 15 is 0 Å². The molecule has 38 nitrogen and oxygen atoms in total. The number of carbonyl (C=O) groups is 9. The van der Waals surface area contributed by atoms with Crippen LogP contribution < -0.4 is 40.8 Å². The van der Waals surface area contributed by atoms with Crippen molar-refractivity contribution in [2.45, 2.75) is 190 Å². The Bertz CT molecular complexity index is 5440. The summed E-state index contributed by atoms with van der Waals surface area (Å²) in [5, 5.41) is 53.6. The third kappa shape index (κ3) is 49.5. The number of alkyl halides is 12. The van der Waals surface area contributed by atoms with Gasteiger partial charge in [-0.25, -0.2) is 38.4 Å². The van der Waals surface area contributed by atoms with Crippen LogP contribution in [0.1, 0.15) is 111 Å². The minimum Gasteiger partial charge on any atom is -0.508 e. The van der Waals surface area contributed by atoms with Gasteiger partial charge in [0.1, 0.15) is 75.6 Å². The monoisotopic (exact) mass is 2090 g/mol. The lowest BCUT2D eigenvalue weighted by Gasteiger charge is -2.22. The molecule has 0 saturated heterocycles. The molecule has 0 radical (unpaired) electrons. The molecule has 140 heavy (non-hydrogen) atoms. The quantitative estimate of drug-likeness (QED) is 0.00571. The maximum Gasteiger partial charge on any atom is 0.534 e. The first-order chi connectivity index (χ1) is 63.9. The largest absolute Gasteiger partial charge is 0.534 e. The van der Waals surface area contributed by atoms with Crippen molar-refractivity contribution in [1.82, 2.24) is 21.3 Å². The predicted molar refractivity (Wildman–Crippen MR) is 474 cm³/mol. The number of phenolic OH excluding ortho intramolecular Hbond substituents is 2. The molecule has 0 aliphatic carbocycles. The Morgan fingerprint density at radius 3 is 0.750 bits per heavy atom. The van der Waals surface area contributed by atoms with E-state index in [-0.39, 0.29) is 37.2 Å². The second-order valence-corrected chi connectivity index (χ2v) is 38.5. The number of nitrogens with two attached hydrogens (primary N) is 1. The van der Waals surface area contributed by atoms with Crippen molar-refractivity contribution < 1.29 is 205 Å². The summed E-state index contributed by atoms with van der Waals surface area (Å²) in [6, 6.07) is 43.3. The van der Waals surface area contributed by atoms with Crippen molar-refractivity contribution in [2.75, 3.05) is 28.4 Å². The molecule has 778 valence electrons. The Balaban J connectivity index is 0.000000837. The summed E-state index contributed by atoms with van der Waals surface area (Å²) in [6.45, 7) is 20.3. The third-order valence-electron chi connectivity index (χ3n) is 15.8. The molecule has 5 atom stereocenters. The number of alkyl carbamates (subject to hydrolysis) is 4. The Hall–Kier alpha value is -13.0. The maximum atomic E-state index is 12.3. The highest BCUT2D eigenvalue weighted by molar-refractivity contribution is 8.00. The number of carbonyl (C=O) groups excluding carboxylic acids is 8. The number of nitrogens with one attached hydrogen (secondary N) is 4. The lowest BCUT2D eigenvalue weighted by molar-refractivity contribution is -0.143. The van der Waals surface area contributed by atoms with Crippen LogP contribution in [0.4, 0.5) is 71.9 Å². The molecule has 0 spiro atoms. The molecule has 7 aromatic rings. The molecule has 0 aromatic heterocycles. The normalized spacial score (nSPS) is 12.8. The fourth-order valence-electron chi connectivity index (χ4n) is 9.68. The first kappa shape index (κ1) is 125. The van der Waals surface area contributed by atoms with Crippen molar-refractivity contribution in [1.29, 1.82) is 0 Å². The van der Waals surface area contributed by atoms with Crippen LogP contribution in [0.3, 0.4) is 0 Å². The fourth-order valence-corrected chi connectivity index (χ4v) is 12.2. The van der Waals surface area contributed by atoms with Crippen LogP contribution in [0.15, 0.2) is 182 Å². The lowest BCUT2D eigenvalue weighted by atomic mass is 9.81. The summed E-state index contributed by atoms with van der Waals surface area (Å²) in [6.07, 6.45) is -2.39. The van der Waals surface area contributed by atoms with E-state index in [4.69, 9.17) is 49.7 Å². The standard InChI is InChI=1S/C21H25NO4.2C16H20F3NO7S.C15H21NO5.C9H11NO3.C6H7BO2.C2F6O5S2/c1-21(2,3)26-20(24)22-18(19(23)25-4)14-15-10-12-17(13-11-15)16-8-6-5-7-9-16;2*1-15(2,3)26-14(22)20-12(13(21)25-4)9-10-5-7-11(8-6-10)27-28(23,24)16(17,18)19;1-15(2,3)21-14(19)16-12(13(18)20-4)9-10-5-7-11(17)8-6-10;10-8(9(12)13)5-6-1-3-7(11)4-2-6;8-7(9)6-4-2-1-3-5-6;3-1(4,5)14(9,10)13-15(11,12)2(6,7)8/h5-13,18H,14H2,1-4H3,(H,22,24);2*5-8,12H,9H2,1-4H3,(H,20,22);5-8,12,17H,9H2,1-4H3,(H,16,19);1-4,8,11H,5,10H2,(H,12,13);1-5,8-9H;/t18-;3*12-;8-;;/m11111../s1. The number of ether oxygens (including phenoxy) is 8. The molecule has 0 aliphatic heterocycles. The van der Waals surface area contributed by atoms with Crippen LogP contribution >= 0.6 is 0 Å². The Kier molecular flexibility index (Phi) is 48.7. The van der Waals surface area contributed by atoms with Gasteiger partial charge in [-0.2, -0.15) is 86.4 Å². The number of rotatable bonds is 27. The van der Waals surface area contributed by atoms with Crippen molar-refractivity contribution in [3.05, 3.63) is 210 Å². The Labute approximate surface area is 797 Å². The third-order valence-corrected chi connectivity index (χ3v) is 20.4. The number of methoxy groups -OCH3 is 4. The summed E-state index contributed by atoms with van der Waals surface area (Å²) in [5.74, 6) is -4.46. The van der Waals surface area contributed by atoms with Gasteiger partial charge in [0.25, 0.3) is 0 Å². The van der Waals surface area contributed by atoms with Gasteiger partial charge in [0.2, 0.25) is 0 Å². The molecular formula is C85H104BF12N5O33S4. The number of carboxylic acid groups (broad SMARTS) is 1. The van der Waals surface area contributed by atoms with E-state index in [2.05, 4.69) is 43.8 Å². The molecule has 0 aliphatic rings. The molecule has 0 heterocycles. The Morgan fingerprint density at radius 2 is 0.543 bits per heavy atom. The molecule has 55 heteroatoms. The minimum absolute atomic E-state index is 0.0851. The molecule has 0 saturated carbocycles. The highest BCUT2D eigenvalue weighted by Gasteiger charge is 2.58. The molecule has 0 unspecified atom stereocenters. The van der Waals surface area contributed by atoms with Gasteiger partial charge in [-0.15, -0.1) is 3.63 Å². The van der Waals surface area contributed by atoms with E-state index < -0.39 is 188 Å². The zero-order valence-corrected chi connectivity index (χ0v) is 80.5. The van der Waals surface area contributed by atoms with E-state index in [9.17, 15) is 135 Å². The zero-order chi connectivity index (χ0) is 108. The van der Waals surface area contributed by atoms with Gasteiger partial charge >= 0.3 is 124 Å². The number of carboxylic acids is 1. The zero-order valence-electron chi connectivity index (χ0n) is 77.2. The summed E-state index contributed by atoms with van der Waals surface area (Å²) in [7, 11) is -21.8. The average molecular weight is 2090 g/mol. The van der Waals surface area contributed by atoms with Crippen LogP contribution in [0.5, 0.6) is 23.0 Å². The van der Waals surface area contributed by atoms with Crippen molar-refractivity contribution >= 4 is 107 Å². The topological polar surface area (TPSA) is 567 Å². The highest BCUT2D eigenvalue weighted by Crippen LogP contribution is 2.34. The van der Waals surface area contributed by atoms with Gasteiger partial charge in [0.05, 0.1) is 28.4 Å². The number of aliphatic carboxylic acids is 1. The van der Waals surface area contributed by atoms with Crippen LogP contribution in [0.25, 0.3) is 11.1 Å². The van der Waals surface area contributed by atoms with Gasteiger partial charge < -0.3 is 98.6 Å². The van der Waals surface area contributed by atoms with Crippen molar-refractivity contribution in [2.24, 2.45) is 5.73 Å². The average Bonchev–Trinajstić information content (AvgIpc) is 0.785. The molecular weight excluding hydrogens is 1990 g/mol. The second kappa shape index (κ2) is 54.6. The number of amides is 4. The SMILES string of the molecule is COC(=O)[C@@H](Cc1ccc(-c2ccccc2)cc1)NC(=O)OC(C)(C)C.COC(=O)[C@@H](Cc1ccc(O)cc1)NC(=O)OC(C)(C)C.COC(=O)[C@@H](Cc1ccc(OS(=O)(=O)C(F)(F)F)cc1)NC(=O)OC(C)(C)C.COC(=O)[C@@H](Cc1ccc(OS(=O)(=O)C(F)(F)F)cc1)NC(=O)OC(C)(C)C.N[C@H](Cc1ccc(O)cc1)C(=O)O.O=S(=O)(OS(=O)(=O)C(F)(F)F)C(F)(F)F.OB(O)c1ccccc1. The number of aromatic hydroxyl groups is 2. The molecule has 7 rings (SSSR count). The van der Waals surface area contributed by atoms with Gasteiger partial charge in [0, 0.05) is 25.7 Å². The molecule has 0 bridgehead atoms. The summed E-state index contributed by atoms with van der Waals surface area (Å²) < 4.78 is 275. The number of phenols is 2. The van der Waals surface area contributed by atoms with Crippen molar-refractivity contribution in [3.8, 4) is 34.1 Å². The van der Waals surface area contributed by atoms with E-state index in [1.807, 2.05) is 64.3 Å². The van der Waals surface area contributed by atoms with E-state index in [1.165, 1.54) is 62.8 Å². The molecule has 7 aromatic carbocycles. The van der Waals surface area contributed by atoms with E-state index in [0.717, 1.165) is 66.3 Å². The van der Waals surface area contributed by atoms with Gasteiger partial charge in [-0.05, 0) is 182 Å². The predicted octanol–water partition coefficient (Wildman–Crippen LogP) is 11.4. The van der Waals surface area contributed by atoms with E-state index in [0.29, 0.717) is 23.0 Å². The molecule has 4 amide bonds. The smallest absolute Gasteiger partial charge is 0.508 e. The maximum absolute atomic E-state index is 12.3. The fraction of sp³-hybridized carbons (Fsp3) is 0.400. The first-order valence-electron chi connectivity index (χ1n) is 39.8. The lowest BCUT2D eigenvalue weighted by Crippen LogP contribution is -2.45. The number of halogens is 12. The van der Waals surface area contributed by atoms with E-state index in [1.54, 1.807) is 132 Å². The number of esters is 4. The summed E-state index contributed by atoms with van der Waals surface area (Å²) >= 11 is 0. The summed E-state index contributed by atoms with van der Waals surface area (Å²) in [4.78, 5) is 105. The van der Waals surface area contributed by atoms with Crippen LogP contribution in [-0.4, -0.2) is 223 Å². The Morgan fingerprint density at radius 1 is 0.329 bits per heavy atom. The van der Waals surface area contributed by atoms with Gasteiger partial charge in [-0.3, -0.25) is 4.79 Å². The van der Waals surface area contributed by atoms with Crippen molar-refractivity contribution in [3.63, 3.8) is 0 Å². The van der Waals surface area contributed by atoms with Crippen LogP contribution in [0, 0.1) is 0 Å². The molecule has 0 fully saturated rings. The summed E-state index contributed by atoms with van der Waals surface area (Å²) in [5.41, 5.74) is -15.2. The number of hydrogen-bond acceptors (Lipinski definition) is 33. The second-order valence-electron chi connectivity index (χ2n) is 32.2. The minimum atomic E-state index is -6.85. The van der Waals surface area contributed by atoms with Crippen LogP contribution in [-0.2, 0) is 138 Å². The number of hydrogen-bond donors (Lipinski definition) is 10. The first-order valence-corrected chi connectivity index (χ1v) is 45.4.